The van der Waals surface area contributed by atoms with Crippen LogP contribution in [0.15, 0.2) is 35.7 Å². The first-order chi connectivity index (χ1) is 10.1. The Labute approximate surface area is 125 Å². The Hall–Kier alpha value is -2.05. The van der Waals surface area contributed by atoms with Gasteiger partial charge < -0.3 is 14.9 Å². The summed E-state index contributed by atoms with van der Waals surface area (Å²) in [7, 11) is 0. The topological polar surface area (TPSA) is 78.8 Å². The van der Waals surface area contributed by atoms with E-state index in [-0.39, 0.29) is 24.3 Å². The summed E-state index contributed by atoms with van der Waals surface area (Å²) in [6.45, 7) is 0.431. The van der Waals surface area contributed by atoms with Gasteiger partial charge in [-0.2, -0.15) is 0 Å². The molecule has 3 rings (SSSR count). The number of carboxylic acid groups (broad SMARTS) is 1. The van der Waals surface area contributed by atoms with Crippen molar-refractivity contribution in [2.75, 3.05) is 6.61 Å². The molecule has 1 aliphatic heterocycles. The van der Waals surface area contributed by atoms with E-state index in [2.05, 4.69) is 5.32 Å². The summed E-state index contributed by atoms with van der Waals surface area (Å²) >= 11 is 1.53. The van der Waals surface area contributed by atoms with Crippen molar-refractivity contribution in [3.63, 3.8) is 0 Å². The van der Waals surface area contributed by atoms with Gasteiger partial charge in [-0.05, 0) is 23.6 Å². The number of ether oxygens (including phenoxy) is 1. The molecule has 1 aromatic heterocycles. The highest BCUT2D eigenvalue weighted by atomic mass is 32.1. The molecule has 1 aliphatic rings. The van der Waals surface area contributed by atoms with Crippen LogP contribution in [0, 0.1) is 0 Å². The van der Waals surface area contributed by atoms with Crippen LogP contribution < -0.4 is 10.1 Å². The van der Waals surface area contributed by atoms with E-state index in [0.717, 1.165) is 10.4 Å². The predicted molar refractivity (Wildman–Crippen MR) is 78.8 cm³/mol. The SMILES string of the molecule is O=C(O)CC(NC1COc2cc(O)ccc21)c1cccs1. The van der Waals surface area contributed by atoms with Crippen LogP contribution in [0.1, 0.15) is 28.9 Å². The lowest BCUT2D eigenvalue weighted by Gasteiger charge is -2.20. The van der Waals surface area contributed by atoms with E-state index in [1.807, 2.05) is 23.6 Å². The molecule has 0 bridgehead atoms. The van der Waals surface area contributed by atoms with Crippen molar-refractivity contribution in [2.24, 2.45) is 0 Å². The quantitative estimate of drug-likeness (QED) is 0.791. The van der Waals surface area contributed by atoms with E-state index in [4.69, 9.17) is 9.84 Å². The smallest absolute Gasteiger partial charge is 0.305 e. The number of phenolic OH excluding ortho intramolecular Hbond substituents is 1. The Morgan fingerprint density at radius 2 is 2.33 bits per heavy atom. The van der Waals surface area contributed by atoms with Crippen LogP contribution in [0.4, 0.5) is 0 Å². The maximum absolute atomic E-state index is 11.1. The molecule has 0 saturated heterocycles. The number of hydrogen-bond donors (Lipinski definition) is 3. The minimum Gasteiger partial charge on any atom is -0.508 e. The summed E-state index contributed by atoms with van der Waals surface area (Å²) < 4.78 is 5.55. The van der Waals surface area contributed by atoms with E-state index in [1.54, 1.807) is 12.1 Å². The van der Waals surface area contributed by atoms with Gasteiger partial charge >= 0.3 is 5.97 Å². The number of carbonyl (C=O) groups is 1. The fourth-order valence-corrected chi connectivity index (χ4v) is 3.27. The lowest BCUT2D eigenvalue weighted by molar-refractivity contribution is -0.137. The molecular weight excluding hydrogens is 290 g/mol. The van der Waals surface area contributed by atoms with Crippen molar-refractivity contribution < 1.29 is 19.7 Å². The average molecular weight is 305 g/mol. The normalized spacial score (nSPS) is 18.0. The molecule has 3 N–H and O–H groups in total. The number of aromatic hydroxyl groups is 1. The van der Waals surface area contributed by atoms with Crippen LogP contribution in [-0.4, -0.2) is 22.8 Å². The van der Waals surface area contributed by atoms with Crippen molar-refractivity contribution in [3.05, 3.63) is 46.2 Å². The van der Waals surface area contributed by atoms with Crippen molar-refractivity contribution in [1.82, 2.24) is 5.32 Å². The van der Waals surface area contributed by atoms with Crippen LogP contribution in [0.2, 0.25) is 0 Å². The fraction of sp³-hybridized carbons (Fsp3) is 0.267. The zero-order chi connectivity index (χ0) is 14.8. The lowest BCUT2D eigenvalue weighted by Crippen LogP contribution is -2.28. The van der Waals surface area contributed by atoms with Gasteiger partial charge in [-0.3, -0.25) is 10.1 Å². The number of carboxylic acids is 1. The monoisotopic (exact) mass is 305 g/mol. The molecule has 0 fully saturated rings. The van der Waals surface area contributed by atoms with Gasteiger partial charge in [0.05, 0.1) is 18.5 Å². The molecule has 0 saturated carbocycles. The number of thiophene rings is 1. The van der Waals surface area contributed by atoms with E-state index < -0.39 is 5.97 Å². The maximum Gasteiger partial charge on any atom is 0.305 e. The summed E-state index contributed by atoms with van der Waals surface area (Å²) in [4.78, 5) is 12.1. The first kappa shape index (κ1) is 13.9. The van der Waals surface area contributed by atoms with Crippen LogP contribution in [0.3, 0.4) is 0 Å². The predicted octanol–water partition coefficient (Wildman–Crippen LogP) is 2.69. The van der Waals surface area contributed by atoms with Gasteiger partial charge in [-0.25, -0.2) is 0 Å². The van der Waals surface area contributed by atoms with Crippen LogP contribution in [0.5, 0.6) is 11.5 Å². The van der Waals surface area contributed by atoms with Crippen molar-refractivity contribution in [3.8, 4) is 11.5 Å². The van der Waals surface area contributed by atoms with Crippen molar-refractivity contribution in [1.29, 1.82) is 0 Å². The molecule has 6 heteroatoms. The fourth-order valence-electron chi connectivity index (χ4n) is 2.49. The third kappa shape index (κ3) is 3.01. The Bertz CT molecular complexity index is 641. The molecule has 0 aliphatic carbocycles. The highest BCUT2D eigenvalue weighted by molar-refractivity contribution is 7.10. The first-order valence-electron chi connectivity index (χ1n) is 6.60. The van der Waals surface area contributed by atoms with Gasteiger partial charge in [-0.1, -0.05) is 6.07 Å². The number of nitrogens with one attached hydrogen (secondary N) is 1. The van der Waals surface area contributed by atoms with E-state index in [0.29, 0.717) is 12.4 Å². The molecule has 2 heterocycles. The zero-order valence-electron chi connectivity index (χ0n) is 11.2. The lowest BCUT2D eigenvalue weighted by atomic mass is 10.1. The van der Waals surface area contributed by atoms with E-state index in [1.165, 1.54) is 11.3 Å². The van der Waals surface area contributed by atoms with Gasteiger partial charge in [0, 0.05) is 16.5 Å². The van der Waals surface area contributed by atoms with Gasteiger partial charge in [0.15, 0.2) is 0 Å². The molecule has 0 spiro atoms. The van der Waals surface area contributed by atoms with Crippen LogP contribution >= 0.6 is 11.3 Å². The Morgan fingerprint density at radius 1 is 1.48 bits per heavy atom. The second-order valence-electron chi connectivity index (χ2n) is 4.92. The Morgan fingerprint density at radius 3 is 3.05 bits per heavy atom. The Kier molecular flexibility index (Phi) is 3.81. The van der Waals surface area contributed by atoms with Crippen molar-refractivity contribution >= 4 is 17.3 Å². The molecule has 2 atom stereocenters. The third-order valence-electron chi connectivity index (χ3n) is 3.45. The molecule has 110 valence electrons. The molecule has 21 heavy (non-hydrogen) atoms. The molecule has 2 unspecified atom stereocenters. The number of fused-ring (bicyclic) bond motifs is 1. The molecule has 2 aromatic rings. The Balaban J connectivity index is 1.80. The second kappa shape index (κ2) is 5.75. The standard InChI is InChI=1S/C15H15NO4S/c17-9-3-4-10-12(8-20-13(10)6-9)16-11(7-15(18)19)14-2-1-5-21-14/h1-6,11-12,16-17H,7-8H2,(H,18,19). The number of rotatable bonds is 5. The van der Waals surface area contributed by atoms with Gasteiger partial charge in [0.1, 0.15) is 18.1 Å². The summed E-state index contributed by atoms with van der Waals surface area (Å²) in [5.74, 6) is -0.0340. The largest absolute Gasteiger partial charge is 0.508 e. The van der Waals surface area contributed by atoms with Gasteiger partial charge in [-0.15, -0.1) is 11.3 Å². The summed E-state index contributed by atoms with van der Waals surface area (Å²) in [6, 6.07) is 8.50. The van der Waals surface area contributed by atoms with Crippen LogP contribution in [-0.2, 0) is 4.79 Å². The maximum atomic E-state index is 11.1. The minimum absolute atomic E-state index is 0.0183. The molecule has 0 radical (unpaired) electrons. The minimum atomic E-state index is -0.842. The highest BCUT2D eigenvalue weighted by Crippen LogP contribution is 2.37. The second-order valence-corrected chi connectivity index (χ2v) is 5.90. The number of aliphatic carboxylic acids is 1. The summed E-state index contributed by atoms with van der Waals surface area (Å²) in [5, 5.41) is 23.8. The van der Waals surface area contributed by atoms with E-state index >= 15 is 0 Å². The molecule has 1 aromatic carbocycles. The van der Waals surface area contributed by atoms with E-state index in [9.17, 15) is 9.90 Å². The highest BCUT2D eigenvalue weighted by Gasteiger charge is 2.28. The van der Waals surface area contributed by atoms with Crippen LogP contribution in [0.25, 0.3) is 0 Å². The summed E-state index contributed by atoms with van der Waals surface area (Å²) in [5.41, 5.74) is 0.944. The average Bonchev–Trinajstić information content (AvgIpc) is 3.07. The van der Waals surface area contributed by atoms with Gasteiger partial charge in [0.25, 0.3) is 0 Å². The third-order valence-corrected chi connectivity index (χ3v) is 4.43. The number of hydrogen-bond acceptors (Lipinski definition) is 5. The van der Waals surface area contributed by atoms with Crippen molar-refractivity contribution in [2.45, 2.75) is 18.5 Å². The zero-order valence-corrected chi connectivity index (χ0v) is 12.0. The first-order valence-corrected chi connectivity index (χ1v) is 7.48. The summed E-state index contributed by atoms with van der Waals surface area (Å²) in [6.07, 6.45) is 0.0183. The molecule has 0 amide bonds. The molecule has 5 nitrogen and oxygen atoms in total. The van der Waals surface area contributed by atoms with Gasteiger partial charge in [0.2, 0.25) is 0 Å². The molecular formula is C15H15NO4S. The number of benzene rings is 1. The number of phenols is 1.